The van der Waals surface area contributed by atoms with E-state index in [2.05, 4.69) is 10.6 Å². The molecular weight excluding hydrogens is 596 g/mol. The highest BCUT2D eigenvalue weighted by Gasteiger charge is 2.25. The normalized spacial score (nSPS) is 11.0. The number of anilines is 4. The van der Waals surface area contributed by atoms with Crippen molar-refractivity contribution in [3.05, 3.63) is 113 Å². The smallest absolute Gasteiger partial charge is 0.299 e. The van der Waals surface area contributed by atoms with Gasteiger partial charge in [0.05, 0.1) is 53.0 Å². The molecule has 4 aromatic carbocycles. The van der Waals surface area contributed by atoms with E-state index in [1.165, 1.54) is 0 Å². The number of sulfone groups is 1. The molecule has 0 aliphatic carbocycles. The van der Waals surface area contributed by atoms with Crippen LogP contribution in [0.5, 0.6) is 11.5 Å². The molecule has 19 heteroatoms. The number of phenolic OH excluding ortho intramolecular Hbond substituents is 2. The van der Waals surface area contributed by atoms with E-state index in [-0.39, 0.29) is 22.7 Å². The van der Waals surface area contributed by atoms with Crippen LogP contribution in [0.25, 0.3) is 0 Å². The summed E-state index contributed by atoms with van der Waals surface area (Å²) in [6.45, 7) is 0. The minimum Gasteiger partial charge on any atom is -0.506 e. The Morgan fingerprint density at radius 2 is 0.884 bits per heavy atom. The summed E-state index contributed by atoms with van der Waals surface area (Å²) in [5.41, 5.74) is -3.80. The van der Waals surface area contributed by atoms with Gasteiger partial charge in [-0.1, -0.05) is 0 Å². The van der Waals surface area contributed by atoms with Gasteiger partial charge in [0.1, 0.15) is 22.9 Å². The fourth-order valence-electron chi connectivity index (χ4n) is 3.77. The molecule has 220 valence electrons. The standard InChI is InChI=1S/C24H16N6O12S/c31-23-7-3-15(11-19(23)25-17-5-1-13(27(33)34)9-21(17)29(37)38)43(41,42)16-4-8-24(32)20(12-16)26-18-6-2-14(28(35)36)10-22(18)30(39)40/h1-12,25-26,31-32H. The van der Waals surface area contributed by atoms with Crippen molar-refractivity contribution >= 4 is 55.3 Å². The summed E-state index contributed by atoms with van der Waals surface area (Å²) < 4.78 is 26.9. The molecular formula is C24H16N6O12S. The molecule has 0 heterocycles. The quantitative estimate of drug-likeness (QED) is 0.104. The van der Waals surface area contributed by atoms with Gasteiger partial charge < -0.3 is 20.8 Å². The van der Waals surface area contributed by atoms with Gasteiger partial charge in [0.2, 0.25) is 9.84 Å². The summed E-state index contributed by atoms with van der Waals surface area (Å²) in [4.78, 5) is 40.6. The third-order valence-electron chi connectivity index (χ3n) is 5.87. The van der Waals surface area contributed by atoms with E-state index in [1.807, 2.05) is 0 Å². The first kappa shape index (κ1) is 29.6. The summed E-state index contributed by atoms with van der Waals surface area (Å²) in [5.74, 6) is -1.05. The van der Waals surface area contributed by atoms with Gasteiger partial charge in [-0.2, -0.15) is 0 Å². The van der Waals surface area contributed by atoms with Crippen LogP contribution in [0.1, 0.15) is 0 Å². The van der Waals surface area contributed by atoms with Gasteiger partial charge in [0.15, 0.2) is 0 Å². The molecule has 0 fully saturated rings. The van der Waals surface area contributed by atoms with Gasteiger partial charge in [0, 0.05) is 12.1 Å². The SMILES string of the molecule is O=[N+]([O-])c1ccc(Nc2cc(S(=O)(=O)c3ccc(O)c(Nc4ccc([N+](=O)[O-])cc4[N+](=O)[O-])c3)ccc2O)c([N+](=O)[O-])c1. The molecule has 4 aromatic rings. The van der Waals surface area contributed by atoms with Crippen molar-refractivity contribution in [2.45, 2.75) is 9.79 Å². The minimum atomic E-state index is -4.44. The van der Waals surface area contributed by atoms with Gasteiger partial charge in [-0.3, -0.25) is 40.5 Å². The van der Waals surface area contributed by atoms with E-state index >= 15 is 0 Å². The highest BCUT2D eigenvalue weighted by atomic mass is 32.2. The van der Waals surface area contributed by atoms with Crippen LogP contribution in [0, 0.1) is 40.5 Å². The van der Waals surface area contributed by atoms with Gasteiger partial charge >= 0.3 is 0 Å². The highest BCUT2D eigenvalue weighted by molar-refractivity contribution is 7.91. The fraction of sp³-hybridized carbons (Fsp3) is 0. The zero-order chi connectivity index (χ0) is 31.6. The Morgan fingerprint density at radius 1 is 0.512 bits per heavy atom. The second-order valence-electron chi connectivity index (χ2n) is 8.54. The van der Waals surface area contributed by atoms with Gasteiger partial charge in [-0.15, -0.1) is 0 Å². The molecule has 0 atom stereocenters. The molecule has 0 spiro atoms. The average Bonchev–Trinajstić information content (AvgIpc) is 2.95. The zero-order valence-electron chi connectivity index (χ0n) is 21.1. The number of nitro groups is 4. The lowest BCUT2D eigenvalue weighted by molar-refractivity contribution is -0.393. The number of aromatic hydroxyl groups is 2. The summed E-state index contributed by atoms with van der Waals surface area (Å²) in [6, 6.07) is 11.2. The number of hydrogen-bond acceptors (Lipinski definition) is 14. The van der Waals surface area contributed by atoms with E-state index in [0.717, 1.165) is 60.7 Å². The highest BCUT2D eigenvalue weighted by Crippen LogP contribution is 2.39. The topological polar surface area (TPSA) is 271 Å². The molecule has 0 amide bonds. The number of nitrogens with zero attached hydrogens (tertiary/aromatic N) is 4. The van der Waals surface area contributed by atoms with Crippen LogP contribution in [0.2, 0.25) is 0 Å². The number of phenols is 2. The van der Waals surface area contributed by atoms with Crippen LogP contribution >= 0.6 is 0 Å². The number of nitro benzene ring substituents is 4. The van der Waals surface area contributed by atoms with Crippen molar-refractivity contribution in [3.8, 4) is 11.5 Å². The number of benzene rings is 4. The minimum absolute atomic E-state index is 0.291. The van der Waals surface area contributed by atoms with Crippen LogP contribution in [-0.4, -0.2) is 38.3 Å². The Morgan fingerprint density at radius 3 is 1.21 bits per heavy atom. The molecule has 43 heavy (non-hydrogen) atoms. The number of rotatable bonds is 10. The lowest BCUT2D eigenvalue weighted by Crippen LogP contribution is -2.05. The van der Waals surface area contributed by atoms with Crippen molar-refractivity contribution in [1.82, 2.24) is 0 Å². The second-order valence-corrected chi connectivity index (χ2v) is 10.5. The first-order valence-corrected chi connectivity index (χ1v) is 13.0. The Balaban J connectivity index is 1.72. The zero-order valence-corrected chi connectivity index (χ0v) is 21.9. The molecule has 0 bridgehead atoms. The predicted octanol–water partition coefficient (Wildman–Crippen LogP) is 5.05. The van der Waals surface area contributed by atoms with E-state index in [4.69, 9.17) is 0 Å². The number of non-ortho nitro benzene ring substituents is 2. The molecule has 0 aliphatic rings. The Labute approximate surface area is 239 Å². The van der Waals surface area contributed by atoms with Crippen molar-refractivity contribution in [1.29, 1.82) is 0 Å². The molecule has 0 unspecified atom stereocenters. The Kier molecular flexibility index (Phi) is 7.75. The molecule has 4 rings (SSSR count). The molecule has 0 radical (unpaired) electrons. The maximum absolute atomic E-state index is 13.5. The average molecular weight is 612 g/mol. The van der Waals surface area contributed by atoms with Crippen molar-refractivity contribution < 1.29 is 38.3 Å². The Hall–Kier alpha value is -6.37. The van der Waals surface area contributed by atoms with Crippen LogP contribution in [-0.2, 0) is 9.84 Å². The lowest BCUT2D eigenvalue weighted by Gasteiger charge is -2.13. The van der Waals surface area contributed by atoms with Crippen LogP contribution in [0.15, 0.2) is 82.6 Å². The molecule has 0 saturated heterocycles. The summed E-state index contributed by atoms with van der Waals surface area (Å²) in [5, 5.41) is 70.5. The first-order chi connectivity index (χ1) is 20.2. The van der Waals surface area contributed by atoms with Crippen LogP contribution in [0.3, 0.4) is 0 Å². The second kappa shape index (κ2) is 11.2. The number of hydrogen-bond donors (Lipinski definition) is 4. The van der Waals surface area contributed by atoms with Crippen LogP contribution < -0.4 is 10.6 Å². The number of nitrogens with one attached hydrogen (secondary N) is 2. The van der Waals surface area contributed by atoms with Gasteiger partial charge in [0.25, 0.3) is 22.7 Å². The van der Waals surface area contributed by atoms with Crippen molar-refractivity contribution in [2.75, 3.05) is 10.6 Å². The molecule has 0 aliphatic heterocycles. The monoisotopic (exact) mass is 612 g/mol. The molecule has 4 N–H and O–H groups in total. The van der Waals surface area contributed by atoms with Gasteiger partial charge in [-0.25, -0.2) is 8.42 Å². The summed E-state index contributed by atoms with van der Waals surface area (Å²) >= 11 is 0. The maximum Gasteiger partial charge on any atom is 0.299 e. The lowest BCUT2D eigenvalue weighted by atomic mass is 10.2. The summed E-state index contributed by atoms with van der Waals surface area (Å²) in [6.07, 6.45) is 0. The van der Waals surface area contributed by atoms with E-state index in [9.17, 15) is 59.1 Å². The third-order valence-corrected chi connectivity index (χ3v) is 7.62. The maximum atomic E-state index is 13.5. The molecule has 0 saturated carbocycles. The summed E-state index contributed by atoms with van der Waals surface area (Å²) in [7, 11) is -4.44. The van der Waals surface area contributed by atoms with Crippen molar-refractivity contribution in [2.24, 2.45) is 0 Å². The fourth-order valence-corrected chi connectivity index (χ4v) is 5.08. The molecule has 18 nitrogen and oxygen atoms in total. The first-order valence-electron chi connectivity index (χ1n) is 11.5. The van der Waals surface area contributed by atoms with Gasteiger partial charge in [-0.05, 0) is 48.5 Å². The largest absolute Gasteiger partial charge is 0.506 e. The van der Waals surface area contributed by atoms with Crippen LogP contribution in [0.4, 0.5) is 45.5 Å². The Bertz CT molecular complexity index is 1810. The van der Waals surface area contributed by atoms with E-state index in [0.29, 0.717) is 12.1 Å². The van der Waals surface area contributed by atoms with E-state index < -0.39 is 73.6 Å². The third kappa shape index (κ3) is 6.05. The van der Waals surface area contributed by atoms with E-state index in [1.54, 1.807) is 0 Å². The van der Waals surface area contributed by atoms with Crippen molar-refractivity contribution in [3.63, 3.8) is 0 Å². The molecule has 0 aromatic heterocycles. The predicted molar refractivity (Wildman–Crippen MR) is 148 cm³/mol.